The highest BCUT2D eigenvalue weighted by atomic mass is 35.5. The van der Waals surface area contributed by atoms with Gasteiger partial charge in [-0.25, -0.2) is 0 Å². The molecule has 1 aliphatic rings. The van der Waals surface area contributed by atoms with E-state index < -0.39 is 0 Å². The minimum absolute atomic E-state index is 0.0951. The summed E-state index contributed by atoms with van der Waals surface area (Å²) >= 11 is 6.04. The van der Waals surface area contributed by atoms with Gasteiger partial charge in [0.2, 0.25) is 0 Å². The van der Waals surface area contributed by atoms with Crippen LogP contribution in [-0.2, 0) is 0 Å². The maximum Gasteiger partial charge on any atom is 0.180 e. The van der Waals surface area contributed by atoms with Crippen molar-refractivity contribution in [2.75, 3.05) is 26.2 Å². The van der Waals surface area contributed by atoms with Crippen molar-refractivity contribution in [3.8, 4) is 5.75 Å². The van der Waals surface area contributed by atoms with Crippen molar-refractivity contribution in [1.29, 1.82) is 0 Å². The molecule has 0 aromatic heterocycles. The van der Waals surface area contributed by atoms with E-state index in [0.717, 1.165) is 19.5 Å². The number of piperidine rings is 1. The number of hydrogen-bond acceptors (Lipinski definition) is 3. The van der Waals surface area contributed by atoms with Crippen LogP contribution in [0.3, 0.4) is 0 Å². The van der Waals surface area contributed by atoms with Crippen molar-refractivity contribution in [3.05, 3.63) is 28.8 Å². The number of Topliss-reactive ketones (excluding diaryl/α,β-unsaturated/α-hetero) is 1. The summed E-state index contributed by atoms with van der Waals surface area (Å²) in [6, 6.07) is 5.29. The molecule has 4 heteroatoms. The monoisotopic (exact) mass is 309 g/mol. The quantitative estimate of drug-likeness (QED) is 0.743. The highest BCUT2D eigenvalue weighted by Crippen LogP contribution is 2.25. The average molecular weight is 310 g/mol. The molecule has 2 rings (SSSR count). The number of carbonyl (C=O) groups excluding carboxylic acids is 1. The van der Waals surface area contributed by atoms with Crippen molar-refractivity contribution in [3.63, 3.8) is 0 Å². The molecule has 0 amide bonds. The van der Waals surface area contributed by atoms with E-state index in [0.29, 0.717) is 35.4 Å². The zero-order valence-corrected chi connectivity index (χ0v) is 13.7. The largest absolute Gasteiger partial charge is 0.493 e. The van der Waals surface area contributed by atoms with E-state index in [-0.39, 0.29) is 5.78 Å². The Balaban J connectivity index is 2.08. The summed E-state index contributed by atoms with van der Waals surface area (Å²) in [7, 11) is 0. The van der Waals surface area contributed by atoms with Crippen LogP contribution in [0.5, 0.6) is 5.75 Å². The first-order valence-corrected chi connectivity index (χ1v) is 8.16. The zero-order valence-electron chi connectivity index (χ0n) is 12.9. The maximum absolute atomic E-state index is 12.6. The average Bonchev–Trinajstić information content (AvgIpc) is 2.46. The molecule has 0 spiro atoms. The summed E-state index contributed by atoms with van der Waals surface area (Å²) in [5.41, 5.74) is 0.606. The fourth-order valence-corrected chi connectivity index (χ4v) is 2.95. The summed E-state index contributed by atoms with van der Waals surface area (Å²) in [5.74, 6) is 1.41. The van der Waals surface area contributed by atoms with Gasteiger partial charge in [-0.15, -0.1) is 0 Å². The van der Waals surface area contributed by atoms with E-state index in [1.54, 1.807) is 18.2 Å². The van der Waals surface area contributed by atoms with Crippen LogP contribution in [0.4, 0.5) is 0 Å². The Kier molecular flexibility index (Phi) is 6.07. The van der Waals surface area contributed by atoms with Gasteiger partial charge in [0.25, 0.3) is 0 Å². The first-order valence-electron chi connectivity index (χ1n) is 7.78. The van der Waals surface area contributed by atoms with E-state index >= 15 is 0 Å². The van der Waals surface area contributed by atoms with Crippen molar-refractivity contribution < 1.29 is 9.53 Å². The van der Waals surface area contributed by atoms with Gasteiger partial charge in [-0.2, -0.15) is 0 Å². The summed E-state index contributed by atoms with van der Waals surface area (Å²) in [4.78, 5) is 14.8. The maximum atomic E-state index is 12.6. The number of rotatable bonds is 6. The van der Waals surface area contributed by atoms with Crippen LogP contribution in [-0.4, -0.2) is 36.9 Å². The summed E-state index contributed by atoms with van der Waals surface area (Å²) < 4.78 is 5.67. The molecule has 0 N–H and O–H groups in total. The Morgan fingerprint density at radius 2 is 2.29 bits per heavy atom. The number of carbonyl (C=O) groups is 1. The third-order valence-electron chi connectivity index (χ3n) is 3.81. The fraction of sp³-hybridized carbons (Fsp3) is 0.588. The first kappa shape index (κ1) is 16.3. The SMILES string of the molecule is CCCOc1ccc(Cl)cc1C(=O)CN1CCCC(C)C1. The molecule has 3 nitrogen and oxygen atoms in total. The van der Waals surface area contributed by atoms with E-state index in [4.69, 9.17) is 16.3 Å². The predicted molar refractivity (Wildman–Crippen MR) is 86.4 cm³/mol. The van der Waals surface area contributed by atoms with E-state index in [1.165, 1.54) is 12.8 Å². The Hall–Kier alpha value is -1.06. The van der Waals surface area contributed by atoms with Crippen molar-refractivity contribution in [2.24, 2.45) is 5.92 Å². The normalized spacial score (nSPS) is 19.5. The summed E-state index contributed by atoms with van der Waals surface area (Å²) in [5, 5.41) is 0.578. The predicted octanol–water partition coefficient (Wildman–Crippen LogP) is 4.04. The number of ether oxygens (including phenoxy) is 1. The van der Waals surface area contributed by atoms with Crippen LogP contribution in [0.2, 0.25) is 5.02 Å². The molecule has 1 unspecified atom stereocenters. The molecule has 1 aromatic rings. The Morgan fingerprint density at radius 1 is 1.48 bits per heavy atom. The molecule has 1 aromatic carbocycles. The van der Waals surface area contributed by atoms with E-state index in [2.05, 4.69) is 11.8 Å². The molecule has 116 valence electrons. The molecule has 1 atom stereocenters. The van der Waals surface area contributed by atoms with E-state index in [1.807, 2.05) is 6.92 Å². The van der Waals surface area contributed by atoms with Crippen LogP contribution in [0.1, 0.15) is 43.5 Å². The highest BCUT2D eigenvalue weighted by molar-refractivity contribution is 6.31. The minimum atomic E-state index is 0.0951. The second-order valence-corrected chi connectivity index (χ2v) is 6.33. The number of nitrogens with zero attached hydrogens (tertiary/aromatic N) is 1. The van der Waals surface area contributed by atoms with Crippen molar-refractivity contribution in [1.82, 2.24) is 4.90 Å². The zero-order chi connectivity index (χ0) is 15.2. The molecule has 1 aliphatic heterocycles. The third-order valence-corrected chi connectivity index (χ3v) is 4.05. The lowest BCUT2D eigenvalue weighted by Gasteiger charge is -2.30. The van der Waals surface area contributed by atoms with Crippen LogP contribution >= 0.6 is 11.6 Å². The van der Waals surface area contributed by atoms with Gasteiger partial charge in [0.1, 0.15) is 5.75 Å². The van der Waals surface area contributed by atoms with Gasteiger partial charge in [0.15, 0.2) is 5.78 Å². The smallest absolute Gasteiger partial charge is 0.180 e. The number of ketones is 1. The second kappa shape index (κ2) is 7.81. The molecule has 0 aliphatic carbocycles. The highest BCUT2D eigenvalue weighted by Gasteiger charge is 2.21. The van der Waals surface area contributed by atoms with Crippen LogP contribution in [0.25, 0.3) is 0 Å². The lowest BCUT2D eigenvalue weighted by atomic mass is 9.99. The Bertz CT molecular complexity index is 490. The van der Waals surface area contributed by atoms with Gasteiger partial charge in [0, 0.05) is 11.6 Å². The standard InChI is InChI=1S/C17H24ClNO2/c1-3-9-21-17-7-6-14(18)10-15(17)16(20)12-19-8-4-5-13(2)11-19/h6-7,10,13H,3-5,8-9,11-12H2,1-2H3. The van der Waals surface area contributed by atoms with Crippen molar-refractivity contribution >= 4 is 17.4 Å². The van der Waals surface area contributed by atoms with Crippen LogP contribution < -0.4 is 4.74 Å². The van der Waals surface area contributed by atoms with Gasteiger partial charge >= 0.3 is 0 Å². The number of benzene rings is 1. The van der Waals surface area contributed by atoms with Gasteiger partial charge in [-0.1, -0.05) is 25.4 Å². The first-order chi connectivity index (χ1) is 10.1. The fourth-order valence-electron chi connectivity index (χ4n) is 2.78. The molecule has 0 bridgehead atoms. The van der Waals surface area contributed by atoms with Crippen LogP contribution in [0.15, 0.2) is 18.2 Å². The number of halogens is 1. The second-order valence-electron chi connectivity index (χ2n) is 5.89. The molecular formula is C17H24ClNO2. The Morgan fingerprint density at radius 3 is 3.00 bits per heavy atom. The molecule has 0 saturated carbocycles. The molecule has 1 fully saturated rings. The van der Waals surface area contributed by atoms with Crippen LogP contribution in [0, 0.1) is 5.92 Å². The summed E-state index contributed by atoms with van der Waals surface area (Å²) in [6.45, 7) is 7.35. The molecule has 21 heavy (non-hydrogen) atoms. The topological polar surface area (TPSA) is 29.5 Å². The van der Waals surface area contributed by atoms with Gasteiger partial charge < -0.3 is 4.74 Å². The number of likely N-dealkylation sites (tertiary alicyclic amines) is 1. The van der Waals surface area contributed by atoms with E-state index in [9.17, 15) is 4.79 Å². The lowest BCUT2D eigenvalue weighted by Crippen LogP contribution is -2.38. The molecular weight excluding hydrogens is 286 g/mol. The minimum Gasteiger partial charge on any atom is -0.493 e. The molecule has 1 heterocycles. The van der Waals surface area contributed by atoms with Gasteiger partial charge in [-0.05, 0) is 49.9 Å². The molecule has 1 saturated heterocycles. The molecule has 0 radical (unpaired) electrons. The third kappa shape index (κ3) is 4.72. The summed E-state index contributed by atoms with van der Waals surface area (Å²) in [6.07, 6.45) is 3.34. The van der Waals surface area contributed by atoms with Gasteiger partial charge in [-0.3, -0.25) is 9.69 Å². The number of hydrogen-bond donors (Lipinski definition) is 0. The Labute approximate surface area is 132 Å². The van der Waals surface area contributed by atoms with Gasteiger partial charge in [0.05, 0.1) is 18.7 Å². The van der Waals surface area contributed by atoms with Crippen molar-refractivity contribution in [2.45, 2.75) is 33.1 Å². The lowest BCUT2D eigenvalue weighted by molar-refractivity contribution is 0.0889.